The van der Waals surface area contributed by atoms with E-state index in [0.29, 0.717) is 19.3 Å². The first-order valence-electron chi connectivity index (χ1n) is 20.8. The largest absolute Gasteiger partial charge is 0.472 e. The Morgan fingerprint density at radius 3 is 1.73 bits per heavy atom. The monoisotopic (exact) mass is 815 g/mol. The second-order valence-corrected chi connectivity index (χ2v) is 16.0. The third kappa shape index (κ3) is 24.0. The van der Waals surface area contributed by atoms with E-state index in [1.165, 1.54) is 25.3 Å². The molecule has 1 fully saturated rings. The first kappa shape index (κ1) is 52.0. The molecular weight excluding hydrogens is 741 g/mol. The lowest BCUT2D eigenvalue weighted by molar-refractivity contribution is -0.220. The van der Waals surface area contributed by atoms with Crippen LogP contribution < -0.4 is 5.32 Å². The molecule has 0 saturated heterocycles. The number of nitrogens with one attached hydrogen (secondary N) is 1. The molecule has 8 unspecified atom stereocenters. The summed E-state index contributed by atoms with van der Waals surface area (Å²) in [6.45, 7) is 3.58. The van der Waals surface area contributed by atoms with Crippen molar-refractivity contribution in [1.29, 1.82) is 0 Å². The summed E-state index contributed by atoms with van der Waals surface area (Å²) >= 11 is 0. The summed E-state index contributed by atoms with van der Waals surface area (Å²) in [5.74, 6) is -0.621. The Bertz CT molecular complexity index is 1190. The smallest absolute Gasteiger partial charge is 0.393 e. The van der Waals surface area contributed by atoms with Crippen molar-refractivity contribution in [2.75, 3.05) is 6.61 Å². The molecular formula is C42H74NO12P. The van der Waals surface area contributed by atoms with E-state index in [4.69, 9.17) is 9.05 Å². The number of phosphoric ester groups is 1. The average molecular weight is 816 g/mol. The molecule has 0 aromatic rings. The Kier molecular flexibility index (Phi) is 29.7. The number of carbonyl (C=O) groups is 1. The van der Waals surface area contributed by atoms with Gasteiger partial charge in [-0.2, -0.15) is 0 Å². The van der Waals surface area contributed by atoms with Gasteiger partial charge < -0.3 is 46.0 Å². The normalized spacial score (nSPS) is 24.8. The van der Waals surface area contributed by atoms with Crippen LogP contribution in [0.15, 0.2) is 60.8 Å². The second kappa shape index (κ2) is 31.9. The number of hydrogen-bond donors (Lipinski definition) is 9. The number of carbonyl (C=O) groups excluding carboxylic acids is 1. The number of unbranched alkanes of at least 4 members (excludes halogenated alkanes) is 11. The molecule has 1 rings (SSSR count). The highest BCUT2D eigenvalue weighted by Crippen LogP contribution is 2.47. The Hall–Kier alpha value is -2.00. The summed E-state index contributed by atoms with van der Waals surface area (Å²) in [6, 6.07) is -1.27. The lowest BCUT2D eigenvalue weighted by atomic mass is 9.85. The maximum atomic E-state index is 12.9. The van der Waals surface area contributed by atoms with Crippen LogP contribution in [0.1, 0.15) is 136 Å². The molecule has 324 valence electrons. The van der Waals surface area contributed by atoms with Crippen molar-refractivity contribution in [3.63, 3.8) is 0 Å². The highest BCUT2D eigenvalue weighted by atomic mass is 31.2. The zero-order valence-electron chi connectivity index (χ0n) is 33.8. The topological polar surface area (TPSA) is 226 Å². The van der Waals surface area contributed by atoms with Crippen LogP contribution in [0.4, 0.5) is 0 Å². The molecule has 14 heteroatoms. The van der Waals surface area contributed by atoms with Gasteiger partial charge in [0.2, 0.25) is 5.91 Å². The van der Waals surface area contributed by atoms with Gasteiger partial charge in [-0.15, -0.1) is 0 Å². The predicted molar refractivity (Wildman–Crippen MR) is 219 cm³/mol. The van der Waals surface area contributed by atoms with E-state index < -0.39 is 75.2 Å². The molecule has 0 heterocycles. The maximum Gasteiger partial charge on any atom is 0.472 e. The first-order valence-corrected chi connectivity index (χ1v) is 22.3. The van der Waals surface area contributed by atoms with Crippen molar-refractivity contribution >= 4 is 13.7 Å². The predicted octanol–water partition coefficient (Wildman–Crippen LogP) is 5.75. The average Bonchev–Trinajstić information content (AvgIpc) is 3.17. The van der Waals surface area contributed by atoms with Gasteiger partial charge in [-0.05, 0) is 70.6 Å². The molecule has 9 N–H and O–H groups in total. The van der Waals surface area contributed by atoms with Gasteiger partial charge in [0, 0.05) is 0 Å². The fourth-order valence-electron chi connectivity index (χ4n) is 6.07. The zero-order valence-corrected chi connectivity index (χ0v) is 34.7. The quantitative estimate of drug-likeness (QED) is 0.0225. The molecule has 1 amide bonds. The highest BCUT2D eigenvalue weighted by Gasteiger charge is 2.51. The van der Waals surface area contributed by atoms with Gasteiger partial charge in [-0.3, -0.25) is 13.8 Å². The standard InChI is InChI=1S/C42H74NO12P/c1-3-5-7-9-11-13-15-16-17-18-20-21-23-25-27-29-33(44)31-36(46)43-34(35(45)30-28-26-24-22-19-14-12-10-8-6-4-2)32-54-56(52,53)55-42-40(50)38(48)37(47)39(49)41(42)51/h8,10-11,13,16-17,19,22,28,30,33-35,37-42,44-45,47-51H,3-7,9,12,14-15,18,20-21,23-27,29,31-32H2,1-2H3,(H,43,46)(H,52,53)/b10-8+,13-11-,17-16-,22-19+,30-28+. The van der Waals surface area contributed by atoms with Crippen molar-refractivity contribution < 1.29 is 59.0 Å². The highest BCUT2D eigenvalue weighted by molar-refractivity contribution is 7.47. The van der Waals surface area contributed by atoms with Crippen LogP contribution in [0, 0.1) is 0 Å². The molecule has 0 aromatic heterocycles. The summed E-state index contributed by atoms with van der Waals surface area (Å²) in [5.41, 5.74) is 0. The molecule has 1 saturated carbocycles. The van der Waals surface area contributed by atoms with Crippen LogP contribution in [-0.4, -0.2) is 108 Å². The van der Waals surface area contributed by atoms with Gasteiger partial charge in [0.05, 0.1) is 31.3 Å². The third-order valence-corrected chi connectivity index (χ3v) is 10.5. The summed E-state index contributed by atoms with van der Waals surface area (Å²) in [5, 5.41) is 74.1. The Morgan fingerprint density at radius 2 is 1.14 bits per heavy atom. The molecule has 0 aliphatic heterocycles. The zero-order chi connectivity index (χ0) is 41.6. The summed E-state index contributed by atoms with van der Waals surface area (Å²) in [6.07, 6.45) is 23.3. The van der Waals surface area contributed by atoms with Crippen molar-refractivity contribution in [1.82, 2.24) is 5.32 Å². The van der Waals surface area contributed by atoms with Gasteiger partial charge in [-0.1, -0.05) is 120 Å². The molecule has 13 nitrogen and oxygen atoms in total. The van der Waals surface area contributed by atoms with E-state index >= 15 is 0 Å². The molecule has 1 aliphatic carbocycles. The summed E-state index contributed by atoms with van der Waals surface area (Å²) in [7, 11) is -5.15. The SMILES string of the molecule is CCC/C=C/CC/C=C/CC/C=C/C(O)C(COP(=O)(O)OC1C(O)C(O)C(O)C(O)C1O)NC(=O)CC(O)CCCCCCC/C=C\C/C=C\CCCCC. The Morgan fingerprint density at radius 1 is 0.643 bits per heavy atom. The summed E-state index contributed by atoms with van der Waals surface area (Å²) in [4.78, 5) is 23.3. The van der Waals surface area contributed by atoms with Crippen molar-refractivity contribution in [2.45, 2.75) is 191 Å². The summed E-state index contributed by atoms with van der Waals surface area (Å²) < 4.78 is 22.7. The number of phosphoric acid groups is 1. The van der Waals surface area contributed by atoms with Gasteiger partial charge in [-0.25, -0.2) is 4.57 Å². The number of amides is 1. The van der Waals surface area contributed by atoms with Gasteiger partial charge in [0.1, 0.15) is 36.6 Å². The van der Waals surface area contributed by atoms with Crippen LogP contribution >= 0.6 is 7.82 Å². The minimum Gasteiger partial charge on any atom is -0.393 e. The lowest BCUT2D eigenvalue weighted by Gasteiger charge is -2.41. The van der Waals surface area contributed by atoms with Gasteiger partial charge >= 0.3 is 7.82 Å². The Labute approximate surface area is 335 Å². The van der Waals surface area contributed by atoms with E-state index in [9.17, 15) is 50.0 Å². The molecule has 0 aromatic carbocycles. The Balaban J connectivity index is 2.63. The van der Waals surface area contributed by atoms with Crippen LogP contribution in [0.2, 0.25) is 0 Å². The van der Waals surface area contributed by atoms with E-state index in [-0.39, 0.29) is 6.42 Å². The maximum absolute atomic E-state index is 12.9. The number of allylic oxidation sites excluding steroid dienone is 9. The van der Waals surface area contributed by atoms with Crippen molar-refractivity contribution in [2.24, 2.45) is 0 Å². The molecule has 8 atom stereocenters. The van der Waals surface area contributed by atoms with Gasteiger partial charge in [0.25, 0.3) is 0 Å². The van der Waals surface area contributed by atoms with Crippen LogP contribution in [0.5, 0.6) is 0 Å². The molecule has 1 aliphatic rings. The van der Waals surface area contributed by atoms with Gasteiger partial charge in [0.15, 0.2) is 0 Å². The van der Waals surface area contributed by atoms with E-state index in [2.05, 4.69) is 61.7 Å². The fourth-order valence-corrected chi connectivity index (χ4v) is 7.04. The lowest BCUT2D eigenvalue weighted by Crippen LogP contribution is -2.64. The molecule has 56 heavy (non-hydrogen) atoms. The van der Waals surface area contributed by atoms with Crippen LogP contribution in [-0.2, 0) is 18.4 Å². The molecule has 0 bridgehead atoms. The number of rotatable bonds is 32. The molecule has 0 spiro atoms. The second-order valence-electron chi connectivity index (χ2n) is 14.6. The van der Waals surface area contributed by atoms with E-state index in [1.54, 1.807) is 6.08 Å². The minimum absolute atomic E-state index is 0.269. The number of hydrogen-bond acceptors (Lipinski definition) is 11. The first-order chi connectivity index (χ1) is 26.8. The van der Waals surface area contributed by atoms with E-state index in [0.717, 1.165) is 77.0 Å². The van der Waals surface area contributed by atoms with Crippen LogP contribution in [0.3, 0.4) is 0 Å². The number of aliphatic hydroxyl groups is 7. The minimum atomic E-state index is -5.15. The van der Waals surface area contributed by atoms with Crippen LogP contribution in [0.25, 0.3) is 0 Å². The fraction of sp³-hybridized carbons (Fsp3) is 0.738. The third-order valence-electron chi connectivity index (χ3n) is 9.53. The van der Waals surface area contributed by atoms with Crippen molar-refractivity contribution in [3.8, 4) is 0 Å². The van der Waals surface area contributed by atoms with E-state index in [1.807, 2.05) is 6.08 Å². The van der Waals surface area contributed by atoms with Crippen molar-refractivity contribution in [3.05, 3.63) is 60.8 Å². The number of aliphatic hydroxyl groups excluding tert-OH is 7. The molecule has 0 radical (unpaired) electrons.